The Kier molecular flexibility index (Phi) is 6.54. The Labute approximate surface area is 177 Å². The van der Waals surface area contributed by atoms with Crippen molar-refractivity contribution in [2.24, 2.45) is 0 Å². The molecule has 0 saturated heterocycles. The summed E-state index contributed by atoms with van der Waals surface area (Å²) >= 11 is 11.6. The lowest BCUT2D eigenvalue weighted by Crippen LogP contribution is -2.31. The number of carbonyl (C=O) groups excluding carboxylic acids is 2. The number of Topliss-reactive ketones (excluding diaryl/α,β-unsaturated/α-hetero) is 1. The first kappa shape index (κ1) is 21.3. The van der Waals surface area contributed by atoms with E-state index in [2.05, 4.69) is 4.72 Å². The molecule has 0 saturated carbocycles. The van der Waals surface area contributed by atoms with Crippen molar-refractivity contribution < 1.29 is 22.7 Å². The first-order valence-electron chi connectivity index (χ1n) is 8.39. The number of hydrogen-bond acceptors (Lipinski definition) is 5. The van der Waals surface area contributed by atoms with Gasteiger partial charge in [-0.25, -0.2) is 8.42 Å². The number of ether oxygens (including phenoxy) is 1. The largest absolute Gasteiger partial charge is 0.456 e. The van der Waals surface area contributed by atoms with E-state index < -0.39 is 29.1 Å². The average molecular weight is 452 g/mol. The smallest absolute Gasteiger partial charge is 0.321 e. The Morgan fingerprint density at radius 2 is 1.66 bits per heavy atom. The minimum absolute atomic E-state index is 0.0674. The Bertz CT molecular complexity index is 1190. The van der Waals surface area contributed by atoms with E-state index in [4.69, 9.17) is 27.9 Å². The maximum absolute atomic E-state index is 12.4. The molecular weight excluding hydrogens is 437 g/mol. The van der Waals surface area contributed by atoms with Gasteiger partial charge in [0.05, 0.1) is 14.9 Å². The lowest BCUT2D eigenvalue weighted by molar-refractivity contribution is -0.141. The van der Waals surface area contributed by atoms with Gasteiger partial charge in [0.2, 0.25) is 15.8 Å². The van der Waals surface area contributed by atoms with Crippen molar-refractivity contribution in [1.29, 1.82) is 0 Å². The molecule has 9 heteroatoms. The van der Waals surface area contributed by atoms with Gasteiger partial charge in [0.1, 0.15) is 6.54 Å². The summed E-state index contributed by atoms with van der Waals surface area (Å²) in [6.07, 6.45) is 0. The van der Waals surface area contributed by atoms with Crippen LogP contribution in [0.1, 0.15) is 10.4 Å². The molecule has 1 N–H and O–H groups in total. The Morgan fingerprint density at radius 3 is 2.41 bits per heavy atom. The van der Waals surface area contributed by atoms with E-state index in [9.17, 15) is 18.0 Å². The molecule has 0 bridgehead atoms. The minimum atomic E-state index is -3.99. The van der Waals surface area contributed by atoms with Crippen LogP contribution in [0.5, 0.6) is 0 Å². The molecule has 0 aromatic heterocycles. The van der Waals surface area contributed by atoms with Crippen LogP contribution in [0.15, 0.2) is 65.6 Å². The molecule has 0 heterocycles. The van der Waals surface area contributed by atoms with Gasteiger partial charge < -0.3 is 4.74 Å². The highest BCUT2D eigenvalue weighted by molar-refractivity contribution is 7.89. The summed E-state index contributed by atoms with van der Waals surface area (Å²) in [5.41, 5.74) is 0.423. The molecule has 0 spiro atoms. The van der Waals surface area contributed by atoms with Crippen molar-refractivity contribution in [3.63, 3.8) is 0 Å². The van der Waals surface area contributed by atoms with E-state index in [1.165, 1.54) is 18.2 Å². The summed E-state index contributed by atoms with van der Waals surface area (Å²) < 4.78 is 31.5. The second-order valence-corrected chi connectivity index (χ2v) is 8.59. The first-order valence-corrected chi connectivity index (χ1v) is 10.6. The summed E-state index contributed by atoms with van der Waals surface area (Å²) in [5, 5.41) is 1.91. The molecule has 0 fully saturated rings. The van der Waals surface area contributed by atoms with Crippen LogP contribution < -0.4 is 4.72 Å². The lowest BCUT2D eigenvalue weighted by Gasteiger charge is -2.09. The molecule has 3 rings (SSSR count). The van der Waals surface area contributed by atoms with Crippen molar-refractivity contribution in [3.05, 3.63) is 76.3 Å². The number of ketones is 1. The molecule has 3 aromatic carbocycles. The summed E-state index contributed by atoms with van der Waals surface area (Å²) in [5.74, 6) is -1.27. The third-order valence-corrected chi connectivity index (χ3v) is 6.20. The minimum Gasteiger partial charge on any atom is -0.456 e. The van der Waals surface area contributed by atoms with Crippen LogP contribution >= 0.6 is 23.2 Å². The molecule has 0 aliphatic heterocycles. The molecule has 6 nitrogen and oxygen atoms in total. The predicted molar refractivity (Wildman–Crippen MR) is 111 cm³/mol. The average Bonchev–Trinajstić information content (AvgIpc) is 2.72. The van der Waals surface area contributed by atoms with E-state index in [0.717, 1.165) is 10.8 Å². The Hall–Kier alpha value is -2.45. The topological polar surface area (TPSA) is 89.5 Å². The van der Waals surface area contributed by atoms with Crippen molar-refractivity contribution in [2.75, 3.05) is 13.2 Å². The SMILES string of the molecule is O=C(CNS(=O)(=O)c1ccc(Cl)c(Cl)c1)OCC(=O)c1cccc2ccccc12. The maximum atomic E-state index is 12.4. The number of nitrogens with one attached hydrogen (secondary N) is 1. The molecule has 0 atom stereocenters. The van der Waals surface area contributed by atoms with Crippen LogP contribution in [-0.2, 0) is 19.6 Å². The van der Waals surface area contributed by atoms with E-state index in [1.54, 1.807) is 18.2 Å². The van der Waals surface area contributed by atoms with E-state index in [1.807, 2.05) is 24.3 Å². The standard InChI is InChI=1S/C20H15Cl2NO5S/c21-17-9-8-14(10-18(17)22)29(26,27)23-11-20(25)28-12-19(24)16-7-3-5-13-4-1-2-6-15(13)16/h1-10,23H,11-12H2. The summed E-state index contributed by atoms with van der Waals surface area (Å²) in [6.45, 7) is -1.13. The number of hydrogen-bond donors (Lipinski definition) is 1. The van der Waals surface area contributed by atoms with Gasteiger partial charge in [-0.05, 0) is 29.0 Å². The Balaban J connectivity index is 1.59. The molecule has 29 heavy (non-hydrogen) atoms. The highest BCUT2D eigenvalue weighted by atomic mass is 35.5. The van der Waals surface area contributed by atoms with Crippen LogP contribution in [0, 0.1) is 0 Å². The maximum Gasteiger partial charge on any atom is 0.321 e. The highest BCUT2D eigenvalue weighted by Gasteiger charge is 2.18. The number of sulfonamides is 1. The fourth-order valence-electron chi connectivity index (χ4n) is 2.62. The lowest BCUT2D eigenvalue weighted by atomic mass is 10.0. The predicted octanol–water partition coefficient (Wildman–Crippen LogP) is 3.85. The molecular formula is C20H15Cl2NO5S. The van der Waals surface area contributed by atoms with Crippen LogP contribution in [0.2, 0.25) is 10.0 Å². The second-order valence-electron chi connectivity index (χ2n) is 6.01. The molecule has 0 aliphatic rings. The van der Waals surface area contributed by atoms with E-state index in [-0.39, 0.29) is 20.7 Å². The van der Waals surface area contributed by atoms with Gasteiger partial charge >= 0.3 is 5.97 Å². The number of rotatable bonds is 7. The van der Waals surface area contributed by atoms with Gasteiger partial charge in [-0.3, -0.25) is 9.59 Å². The molecule has 150 valence electrons. The highest BCUT2D eigenvalue weighted by Crippen LogP contribution is 2.24. The van der Waals surface area contributed by atoms with Gasteiger partial charge in [-0.15, -0.1) is 0 Å². The molecule has 3 aromatic rings. The Morgan fingerprint density at radius 1 is 0.931 bits per heavy atom. The van der Waals surface area contributed by atoms with Gasteiger partial charge in [0.15, 0.2) is 6.61 Å². The zero-order valence-electron chi connectivity index (χ0n) is 14.9. The van der Waals surface area contributed by atoms with Gasteiger partial charge in [0, 0.05) is 5.56 Å². The van der Waals surface area contributed by atoms with E-state index in [0.29, 0.717) is 5.56 Å². The molecule has 0 radical (unpaired) electrons. The number of benzene rings is 3. The van der Waals surface area contributed by atoms with Crippen LogP contribution in [-0.4, -0.2) is 33.3 Å². The summed E-state index contributed by atoms with van der Waals surface area (Å²) in [4.78, 5) is 24.2. The van der Waals surface area contributed by atoms with Gasteiger partial charge in [0.25, 0.3) is 0 Å². The monoisotopic (exact) mass is 451 g/mol. The normalized spacial score (nSPS) is 11.4. The van der Waals surface area contributed by atoms with Crippen LogP contribution in [0.3, 0.4) is 0 Å². The third-order valence-electron chi connectivity index (χ3n) is 4.06. The zero-order valence-corrected chi connectivity index (χ0v) is 17.2. The quantitative estimate of drug-likeness (QED) is 0.435. The van der Waals surface area contributed by atoms with Crippen molar-refractivity contribution in [1.82, 2.24) is 4.72 Å². The van der Waals surface area contributed by atoms with Crippen molar-refractivity contribution >= 4 is 55.8 Å². The van der Waals surface area contributed by atoms with Crippen LogP contribution in [0.25, 0.3) is 10.8 Å². The first-order chi connectivity index (χ1) is 13.8. The van der Waals surface area contributed by atoms with Gasteiger partial charge in [-0.1, -0.05) is 65.7 Å². The molecule has 0 aliphatic carbocycles. The molecule has 0 amide bonds. The van der Waals surface area contributed by atoms with Crippen molar-refractivity contribution in [3.8, 4) is 0 Å². The third kappa shape index (κ3) is 5.13. The zero-order chi connectivity index (χ0) is 21.0. The second kappa shape index (κ2) is 8.92. The van der Waals surface area contributed by atoms with Gasteiger partial charge in [-0.2, -0.15) is 4.72 Å². The number of esters is 1. The number of halogens is 2. The summed E-state index contributed by atoms with van der Waals surface area (Å²) in [7, 11) is -3.99. The van der Waals surface area contributed by atoms with Crippen molar-refractivity contribution in [2.45, 2.75) is 4.90 Å². The summed E-state index contributed by atoms with van der Waals surface area (Å²) in [6, 6.07) is 16.3. The number of carbonyl (C=O) groups is 2. The fraction of sp³-hybridized carbons (Fsp3) is 0.100. The van der Waals surface area contributed by atoms with E-state index >= 15 is 0 Å². The van der Waals surface area contributed by atoms with Crippen LogP contribution in [0.4, 0.5) is 0 Å². The molecule has 0 unspecified atom stereocenters. The fourth-order valence-corrected chi connectivity index (χ4v) is 3.98. The number of fused-ring (bicyclic) bond motifs is 1.